The molecule has 4 aliphatic rings. The molecule has 0 spiro atoms. The summed E-state index contributed by atoms with van der Waals surface area (Å²) < 4.78 is 64.0. The first kappa shape index (κ1) is 105. The van der Waals surface area contributed by atoms with Crippen LogP contribution in [0.15, 0.2) is 44.5 Å². The Hall–Kier alpha value is -4.71. The second-order valence-electron chi connectivity index (χ2n) is 39.9. The van der Waals surface area contributed by atoms with Crippen molar-refractivity contribution in [2.75, 3.05) is 183 Å². The summed E-state index contributed by atoms with van der Waals surface area (Å²) in [5.74, 6) is 9.07. The summed E-state index contributed by atoms with van der Waals surface area (Å²) in [5.41, 5.74) is 4.80. The number of thioether (sulfide) groups is 4. The second-order valence-corrected chi connectivity index (χ2v) is 45.9. The minimum absolute atomic E-state index is 0.146. The molecule has 1 unspecified atom stereocenters. The Bertz CT molecular complexity index is 5010. The number of quaternary nitrogens is 4. The monoisotopic (exact) mass is 1920 g/mol. The molecule has 1 N–H and O–H groups in total. The summed E-state index contributed by atoms with van der Waals surface area (Å²) in [7, 11) is 11.5. The van der Waals surface area contributed by atoms with Gasteiger partial charge in [0.05, 0.1) is 213 Å². The maximum Gasteiger partial charge on any atom is 0.189 e. The SMILES string of the molecule is CC[N+](C)(C)CCSc1c(Cl)c(OCCC(C)C)c2c(c1COCC(C)C)C1N=c3[nH]c(c4c(COCC(C)C)c(SCC[N+](C)(CC)CC)c(Cl)c(OCCC(C)C)c34)=NC3=NC(=Nc4c5c(OCCC(C)C)c(Cl)c(SCC[N+](C)(CC)CC)c(OCCC(C)C)c5c5n4ON1C2=N5)c1c(OCCC(C)C)c(SCC[N+](C)(CC)CC)c(Cl)c(OCCC(C)C)c13. The lowest BCUT2D eigenvalue weighted by molar-refractivity contribution is -0.903. The van der Waals surface area contributed by atoms with Crippen LogP contribution in [0.25, 0.3) is 21.5 Å². The number of hydrogen-bond donors (Lipinski definition) is 1. The number of hydroxylamine groups is 2. The highest BCUT2D eigenvalue weighted by molar-refractivity contribution is 8.00. The normalized spacial score (nSPS) is 14.6. The van der Waals surface area contributed by atoms with Gasteiger partial charge in [0.15, 0.2) is 58.3 Å². The fraction of sp³-hybridized carbons (Fsp3) is 0.687. The van der Waals surface area contributed by atoms with E-state index in [0.717, 1.165) is 159 Å². The molecule has 29 heteroatoms. The van der Waals surface area contributed by atoms with E-state index in [-0.39, 0.29) is 78.0 Å². The zero-order valence-electron chi connectivity index (χ0n) is 82.9. The van der Waals surface area contributed by atoms with E-state index in [1.807, 2.05) is 5.06 Å². The molecule has 21 nitrogen and oxygen atoms in total. The third kappa shape index (κ3) is 25.1. The highest BCUT2D eigenvalue weighted by Gasteiger charge is 2.50. The van der Waals surface area contributed by atoms with Crippen molar-refractivity contribution in [1.29, 1.82) is 0 Å². The van der Waals surface area contributed by atoms with Crippen molar-refractivity contribution in [1.82, 2.24) is 14.8 Å². The van der Waals surface area contributed by atoms with Gasteiger partial charge in [-0.05, 0) is 134 Å². The third-order valence-electron chi connectivity index (χ3n) is 25.8. The fourth-order valence-corrected chi connectivity index (χ4v) is 22.1. The lowest BCUT2D eigenvalue weighted by Gasteiger charge is -2.32. The molecule has 0 saturated carbocycles. The number of aliphatic imine (C=N–C) groups is 3. The lowest BCUT2D eigenvalue weighted by atomic mass is 9.99. The topological polar surface area (TPSA) is 169 Å². The molecule has 6 heterocycles. The van der Waals surface area contributed by atoms with Crippen LogP contribution in [-0.4, -0.2) is 233 Å². The predicted molar refractivity (Wildman–Crippen MR) is 541 cm³/mol. The third-order valence-corrected chi connectivity index (χ3v) is 32.1. The average Bonchev–Trinajstić information content (AvgIpc) is 1.52. The first-order chi connectivity index (χ1) is 60.8. The standard InChI is InChI=1S/C99H156Cl4N12O9S4/c1-29-112(24,25)42-52-125-89-69(59-117-57-67(22)23)71-75(84(79(89)101)120-48-38-62(12)13)98-109-99-77-76(85(121-49-39-63(14)15)81(103)91(87(77)123-51-41-65(18)19)128-55-45-115(28,34-6)35-7)97-108-95-74-73(83(119-47-37-61(10)11)80(102)90(86(74)122-50-40-64(16)17)127-54-44-114(27,32-4)33-5)93(106-95)104-92-70-68(58-116-56-66(20)21)88(126-53-43-113(26,30-2)31-3)78(100)82(118-46-36-60(8)9)72(70)94(105-92)107-96(71)110(98)124-111(97)99/h60-67,96H,29-59H2,1-28H3,(H,104,105,106,107,108)/q+4. The van der Waals surface area contributed by atoms with Crippen LogP contribution in [0.5, 0.6) is 34.5 Å². The van der Waals surface area contributed by atoms with Gasteiger partial charge in [0.2, 0.25) is 0 Å². The maximum absolute atomic E-state index is 8.40. The highest BCUT2D eigenvalue weighted by atomic mass is 35.5. The van der Waals surface area contributed by atoms with Gasteiger partial charge in [-0.1, -0.05) is 157 Å². The number of aromatic nitrogens is 2. The molecular formula is C99H156Cl4N12O9S4+4. The van der Waals surface area contributed by atoms with E-state index in [0.29, 0.717) is 197 Å². The van der Waals surface area contributed by atoms with Crippen LogP contribution < -0.4 is 44.3 Å². The zero-order valence-corrected chi connectivity index (χ0v) is 89.1. The van der Waals surface area contributed by atoms with Gasteiger partial charge < -0.3 is 60.8 Å². The minimum atomic E-state index is -1.14. The number of benzene rings is 4. The summed E-state index contributed by atoms with van der Waals surface area (Å²) in [6.07, 6.45) is 3.19. The molecule has 0 fully saturated rings. The highest BCUT2D eigenvalue weighted by Crippen LogP contribution is 2.60. The molecular weight excluding hydrogens is 1770 g/mol. The molecule has 4 aromatic carbocycles. The van der Waals surface area contributed by atoms with Gasteiger partial charge in [0.1, 0.15) is 32.5 Å². The van der Waals surface area contributed by atoms with E-state index >= 15 is 0 Å². The van der Waals surface area contributed by atoms with Crippen LogP contribution in [-0.2, 0) is 22.7 Å². The van der Waals surface area contributed by atoms with Gasteiger partial charge in [-0.2, -0.15) is 0 Å². The van der Waals surface area contributed by atoms with Gasteiger partial charge in [-0.25, -0.2) is 25.0 Å². The van der Waals surface area contributed by atoms with Crippen molar-refractivity contribution in [3.8, 4) is 34.5 Å². The number of ether oxygens (including phenoxy) is 8. The molecule has 0 amide bonds. The molecule has 2 aromatic heterocycles. The molecule has 1 atom stereocenters. The molecule has 10 rings (SSSR count). The Kier molecular flexibility index (Phi) is 38.8. The summed E-state index contributed by atoms with van der Waals surface area (Å²) in [6.45, 7) is 64.3. The number of nitrogens with one attached hydrogen (secondary N) is 1. The van der Waals surface area contributed by atoms with E-state index in [2.05, 4.69) is 199 Å². The Morgan fingerprint density at radius 2 is 0.734 bits per heavy atom. The van der Waals surface area contributed by atoms with Crippen molar-refractivity contribution in [3.63, 3.8) is 0 Å². The molecule has 4 aliphatic heterocycles. The van der Waals surface area contributed by atoms with Crippen LogP contribution in [0, 0.1) is 47.3 Å². The number of aromatic amines is 1. The molecule has 6 aromatic rings. The number of nitrogens with zero attached hydrogens (tertiary/aromatic N) is 11. The summed E-state index contributed by atoms with van der Waals surface area (Å²) in [5, 5.41) is 5.83. The average molecular weight is 1930 g/mol. The Morgan fingerprint density at radius 3 is 1.20 bits per heavy atom. The first-order valence-electron chi connectivity index (χ1n) is 47.8. The number of H-pyrrole nitrogens is 1. The number of fused-ring (bicyclic) bond motifs is 15. The fourth-order valence-electron chi connectivity index (χ4n) is 15.3. The molecule has 6 bridgehead atoms. The van der Waals surface area contributed by atoms with Crippen LogP contribution >= 0.6 is 93.5 Å². The van der Waals surface area contributed by atoms with Crippen LogP contribution in [0.2, 0.25) is 20.1 Å². The Morgan fingerprint density at radius 1 is 0.375 bits per heavy atom. The summed E-state index contributed by atoms with van der Waals surface area (Å²) in [6, 6.07) is 0. The van der Waals surface area contributed by atoms with Crippen LogP contribution in [0.4, 0.5) is 11.6 Å². The lowest BCUT2D eigenvalue weighted by Crippen LogP contribution is -2.45. The van der Waals surface area contributed by atoms with Gasteiger partial charge in [0, 0.05) is 68.1 Å². The van der Waals surface area contributed by atoms with Crippen molar-refractivity contribution >= 4 is 144 Å². The van der Waals surface area contributed by atoms with Gasteiger partial charge in [-0.3, -0.25) is 4.94 Å². The molecule has 128 heavy (non-hydrogen) atoms. The summed E-state index contributed by atoms with van der Waals surface area (Å²) >= 11 is 40.3. The van der Waals surface area contributed by atoms with Crippen molar-refractivity contribution in [3.05, 3.63) is 64.4 Å². The largest absolute Gasteiger partial charge is 0.492 e. The van der Waals surface area contributed by atoms with E-state index in [9.17, 15) is 0 Å². The first-order valence-corrected chi connectivity index (χ1v) is 53.3. The van der Waals surface area contributed by atoms with Crippen molar-refractivity contribution < 1.29 is 60.8 Å². The molecule has 0 saturated heterocycles. The predicted octanol–water partition coefficient (Wildman–Crippen LogP) is 24.1. The molecule has 0 radical (unpaired) electrons. The van der Waals surface area contributed by atoms with Crippen molar-refractivity contribution in [2.24, 2.45) is 72.3 Å². The zero-order chi connectivity index (χ0) is 93.6. The number of amidine groups is 3. The van der Waals surface area contributed by atoms with E-state index in [1.165, 1.54) is 0 Å². The number of hydrogen-bond acceptors (Lipinski definition) is 19. The quantitative estimate of drug-likeness (QED) is 0.0283. The van der Waals surface area contributed by atoms with E-state index in [4.69, 9.17) is 114 Å². The Labute approximate surface area is 804 Å². The van der Waals surface area contributed by atoms with Gasteiger partial charge in [0.25, 0.3) is 0 Å². The minimum Gasteiger partial charge on any atom is -0.492 e. The maximum atomic E-state index is 8.40. The molecule has 714 valence electrons. The number of rotatable bonds is 55. The number of halogens is 4. The van der Waals surface area contributed by atoms with Crippen molar-refractivity contribution in [2.45, 2.75) is 237 Å². The van der Waals surface area contributed by atoms with E-state index < -0.39 is 6.17 Å². The van der Waals surface area contributed by atoms with Gasteiger partial charge in [-0.15, -0.1) is 56.8 Å². The Balaban J connectivity index is 1.56. The van der Waals surface area contributed by atoms with E-state index in [1.54, 1.807) is 51.8 Å². The summed E-state index contributed by atoms with van der Waals surface area (Å²) in [4.78, 5) is 46.0. The smallest absolute Gasteiger partial charge is 0.189 e. The van der Waals surface area contributed by atoms with Gasteiger partial charge >= 0.3 is 0 Å². The molecule has 0 aliphatic carbocycles. The second kappa shape index (κ2) is 47.2. The van der Waals surface area contributed by atoms with Crippen LogP contribution in [0.1, 0.15) is 237 Å². The van der Waals surface area contributed by atoms with Crippen LogP contribution in [0.3, 0.4) is 0 Å².